The van der Waals surface area contributed by atoms with E-state index in [-0.39, 0.29) is 37.1 Å². The second kappa shape index (κ2) is 11.5. The average molecular weight is 660 g/mol. The van der Waals surface area contributed by atoms with Gasteiger partial charge in [-0.05, 0) is 23.4 Å². The van der Waals surface area contributed by atoms with E-state index in [0.717, 1.165) is 28.0 Å². The number of aliphatic hydroxyl groups excluding tert-OH is 1. The molecule has 0 saturated carbocycles. The van der Waals surface area contributed by atoms with Gasteiger partial charge in [-0.15, -0.1) is 35.4 Å². The maximum atomic E-state index is 11.5. The first-order chi connectivity index (χ1) is 16.3. The van der Waals surface area contributed by atoms with Crippen LogP contribution in [-0.2, 0) is 24.9 Å². The number of rotatable bonds is 2. The molecule has 0 amide bonds. The summed E-state index contributed by atoms with van der Waals surface area (Å²) in [5.41, 5.74) is 3.41. The average Bonchev–Trinajstić information content (AvgIpc) is 2.78. The minimum absolute atomic E-state index is 0. The summed E-state index contributed by atoms with van der Waals surface area (Å²) in [7, 11) is 0. The van der Waals surface area contributed by atoms with Crippen LogP contribution in [0.3, 0.4) is 0 Å². The van der Waals surface area contributed by atoms with Crippen molar-refractivity contribution in [1.82, 2.24) is 9.97 Å². The van der Waals surface area contributed by atoms with Gasteiger partial charge in [0.05, 0.1) is 5.52 Å². The maximum absolute atomic E-state index is 11.5. The quantitative estimate of drug-likeness (QED) is 0.103. The predicted octanol–water partition coefficient (Wildman–Crippen LogP) is 7.95. The van der Waals surface area contributed by atoms with Crippen LogP contribution in [0.15, 0.2) is 66.4 Å². The molecule has 4 rings (SSSR count). The number of aliphatic hydroxyl groups is 1. The van der Waals surface area contributed by atoms with Gasteiger partial charge in [-0.1, -0.05) is 84.9 Å². The van der Waals surface area contributed by atoms with Crippen LogP contribution in [0, 0.1) is 30.7 Å². The zero-order chi connectivity index (χ0) is 26.0. The number of nitrogens with zero attached hydrogens (tertiary/aromatic N) is 2. The number of ketones is 1. The van der Waals surface area contributed by atoms with Gasteiger partial charge < -0.3 is 5.11 Å². The van der Waals surface area contributed by atoms with E-state index in [1.165, 1.54) is 22.4 Å². The Balaban J connectivity index is 0.000000285. The maximum Gasteiger partial charge on any atom is 0.164 e. The molecule has 1 heterocycles. The van der Waals surface area contributed by atoms with Crippen molar-refractivity contribution in [2.45, 2.75) is 55.4 Å². The van der Waals surface area contributed by atoms with Crippen LogP contribution in [-0.4, -0.2) is 20.9 Å². The molecule has 0 bridgehead atoms. The first kappa shape index (κ1) is 29.4. The minimum atomic E-state index is -0.417. The number of fused-ring (bicyclic) bond motifs is 3. The smallest absolute Gasteiger partial charge is 0.164 e. The third-order valence-corrected chi connectivity index (χ3v) is 5.70. The number of allylic oxidation sites excluding steroid dienone is 2. The fraction of sp³-hybridized carbons (Fsp3) is 0.323. The Morgan fingerprint density at radius 2 is 1.53 bits per heavy atom. The molecular weight excluding hydrogens is 625 g/mol. The molecule has 191 valence electrons. The van der Waals surface area contributed by atoms with Crippen molar-refractivity contribution in [3.63, 3.8) is 0 Å². The van der Waals surface area contributed by atoms with E-state index < -0.39 is 5.41 Å². The SMILES string of the molecule is CC(C)(C)C(=O)/C=C(\O)C(C)(C)C.Cc1c[c-]c(-c2nc(C)nc3c2ccc2ccccc23)cc1.[Ir]. The van der Waals surface area contributed by atoms with Crippen LogP contribution in [0.4, 0.5) is 0 Å². The number of hydrogen-bond acceptors (Lipinski definition) is 4. The Morgan fingerprint density at radius 1 is 0.861 bits per heavy atom. The molecule has 0 fully saturated rings. The summed E-state index contributed by atoms with van der Waals surface area (Å²) in [6, 6.07) is 22.1. The third kappa shape index (κ3) is 7.09. The summed E-state index contributed by atoms with van der Waals surface area (Å²) in [5.74, 6) is 0.889. The molecule has 0 atom stereocenters. The first-order valence-electron chi connectivity index (χ1n) is 11.9. The Kier molecular flexibility index (Phi) is 9.34. The van der Waals surface area contributed by atoms with Gasteiger partial charge in [-0.3, -0.25) is 9.78 Å². The monoisotopic (exact) mass is 660 g/mol. The molecule has 4 aromatic rings. The summed E-state index contributed by atoms with van der Waals surface area (Å²) in [6.07, 6.45) is 1.33. The predicted molar refractivity (Wildman–Crippen MR) is 145 cm³/mol. The number of carbonyl (C=O) groups is 1. The van der Waals surface area contributed by atoms with Crippen molar-refractivity contribution in [3.05, 3.63) is 83.9 Å². The second-order valence-electron chi connectivity index (χ2n) is 11.0. The van der Waals surface area contributed by atoms with E-state index in [1.54, 1.807) is 0 Å². The standard InChI is InChI=1S/C20H15N2.C11H20O2.Ir/c1-13-7-9-16(10-8-13)19-18-12-11-15-5-3-4-6-17(15)20(18)22-14(2)21-19;1-10(2,3)8(12)7-9(13)11(4,5)6;/h3-9,11-12H,1-2H3;7,12H,1-6H3;/q-1;;/b;8-7-;. The van der Waals surface area contributed by atoms with E-state index in [0.29, 0.717) is 0 Å². The van der Waals surface area contributed by atoms with Gasteiger partial charge in [0, 0.05) is 42.4 Å². The van der Waals surface area contributed by atoms with Crippen LogP contribution in [0.1, 0.15) is 52.9 Å². The molecule has 4 nitrogen and oxygen atoms in total. The first-order valence-corrected chi connectivity index (χ1v) is 11.9. The Morgan fingerprint density at radius 3 is 2.11 bits per heavy atom. The molecule has 0 aliphatic rings. The van der Waals surface area contributed by atoms with Crippen LogP contribution in [0.5, 0.6) is 0 Å². The van der Waals surface area contributed by atoms with Gasteiger partial charge >= 0.3 is 0 Å². The Bertz CT molecular complexity index is 1390. The van der Waals surface area contributed by atoms with Gasteiger partial charge in [0.2, 0.25) is 0 Å². The Labute approximate surface area is 228 Å². The van der Waals surface area contributed by atoms with Crippen LogP contribution < -0.4 is 0 Å². The summed E-state index contributed by atoms with van der Waals surface area (Å²) in [4.78, 5) is 20.8. The molecule has 0 unspecified atom stereocenters. The molecule has 5 heteroatoms. The number of carbonyl (C=O) groups excluding carboxylic acids is 1. The van der Waals surface area contributed by atoms with Gasteiger partial charge in [-0.2, -0.15) is 0 Å². The Hall–Kier alpha value is -2.88. The van der Waals surface area contributed by atoms with Gasteiger partial charge in [0.1, 0.15) is 11.6 Å². The van der Waals surface area contributed by atoms with Crippen LogP contribution in [0.25, 0.3) is 32.9 Å². The van der Waals surface area contributed by atoms with Crippen molar-refractivity contribution < 1.29 is 30.0 Å². The molecule has 36 heavy (non-hydrogen) atoms. The number of hydrogen-bond donors (Lipinski definition) is 1. The fourth-order valence-corrected chi connectivity index (χ4v) is 3.39. The zero-order valence-electron chi connectivity index (χ0n) is 22.4. The van der Waals surface area contributed by atoms with E-state index >= 15 is 0 Å². The van der Waals surface area contributed by atoms with E-state index in [4.69, 9.17) is 0 Å². The molecule has 0 aliphatic carbocycles. The van der Waals surface area contributed by atoms with Crippen LogP contribution >= 0.6 is 0 Å². The second-order valence-corrected chi connectivity index (χ2v) is 11.0. The summed E-state index contributed by atoms with van der Waals surface area (Å²) in [5, 5.41) is 13.0. The molecule has 1 radical (unpaired) electrons. The number of aromatic nitrogens is 2. The topological polar surface area (TPSA) is 63.1 Å². The molecule has 3 aromatic carbocycles. The molecule has 1 aromatic heterocycles. The van der Waals surface area contributed by atoms with E-state index in [9.17, 15) is 9.90 Å². The fourth-order valence-electron chi connectivity index (χ4n) is 3.39. The van der Waals surface area contributed by atoms with E-state index in [2.05, 4.69) is 71.5 Å². The van der Waals surface area contributed by atoms with Crippen molar-refractivity contribution in [2.24, 2.45) is 10.8 Å². The van der Waals surface area contributed by atoms with Crippen molar-refractivity contribution in [2.75, 3.05) is 0 Å². The number of benzene rings is 3. The summed E-state index contributed by atoms with van der Waals surface area (Å²) in [6.45, 7) is 15.1. The van der Waals surface area contributed by atoms with Crippen LogP contribution in [0.2, 0.25) is 0 Å². The van der Waals surface area contributed by atoms with Gasteiger partial charge in [-0.25, -0.2) is 4.98 Å². The molecule has 1 N–H and O–H groups in total. The molecule has 0 aliphatic heterocycles. The summed E-state index contributed by atoms with van der Waals surface area (Å²) < 4.78 is 0. The van der Waals surface area contributed by atoms with Crippen molar-refractivity contribution in [1.29, 1.82) is 0 Å². The molecule has 0 spiro atoms. The third-order valence-electron chi connectivity index (χ3n) is 5.70. The van der Waals surface area contributed by atoms with Crippen molar-refractivity contribution in [3.8, 4) is 11.3 Å². The summed E-state index contributed by atoms with van der Waals surface area (Å²) >= 11 is 0. The van der Waals surface area contributed by atoms with Gasteiger partial charge in [0.25, 0.3) is 0 Å². The van der Waals surface area contributed by atoms with E-state index in [1.807, 2.05) is 54.5 Å². The molecule has 0 saturated heterocycles. The number of aryl methyl sites for hydroxylation is 2. The zero-order valence-corrected chi connectivity index (χ0v) is 24.8. The van der Waals surface area contributed by atoms with Crippen molar-refractivity contribution >= 4 is 27.5 Å². The largest absolute Gasteiger partial charge is 0.512 e. The minimum Gasteiger partial charge on any atom is -0.512 e. The normalized spacial score (nSPS) is 12.1. The van der Waals surface area contributed by atoms with Gasteiger partial charge in [0.15, 0.2) is 5.78 Å². The molecular formula is C31H35IrN2O2-.